The Bertz CT molecular complexity index is 918. The summed E-state index contributed by atoms with van der Waals surface area (Å²) in [5.41, 5.74) is 12.6. The van der Waals surface area contributed by atoms with Crippen LogP contribution in [-0.4, -0.2) is 0 Å². The molecule has 1 aliphatic carbocycles. The minimum Gasteiger partial charge on any atom is -0.208 e. The first-order valence-corrected chi connectivity index (χ1v) is 9.91. The van der Waals surface area contributed by atoms with Gasteiger partial charge in [0.1, 0.15) is 0 Å². The Hall–Kier alpha value is -2.41. The van der Waals surface area contributed by atoms with Gasteiger partial charge in [0.25, 0.3) is 0 Å². The lowest BCUT2D eigenvalue weighted by Gasteiger charge is -2.13. The number of hydrogen-bond donors (Lipinski definition) is 0. The van der Waals surface area contributed by atoms with E-state index in [-0.39, 0.29) is 0 Å². The Morgan fingerprint density at radius 1 is 0.769 bits per heavy atom. The van der Waals surface area contributed by atoms with Crippen LogP contribution in [0, 0.1) is 13.8 Å². The van der Waals surface area contributed by atoms with Gasteiger partial charge in [-0.05, 0) is 62.8 Å². The van der Waals surface area contributed by atoms with E-state index in [0.29, 0.717) is 0 Å². The minimum absolute atomic E-state index is 1.13. The summed E-state index contributed by atoms with van der Waals surface area (Å²) in [6.45, 7) is 6.58. The van der Waals surface area contributed by atoms with Gasteiger partial charge in [-0.1, -0.05) is 54.4 Å². The highest BCUT2D eigenvalue weighted by molar-refractivity contribution is 5.82. The molecule has 4 rings (SSSR count). The van der Waals surface area contributed by atoms with E-state index < -0.39 is 0 Å². The Balaban J connectivity index is 1.99. The van der Waals surface area contributed by atoms with Gasteiger partial charge in [-0.25, -0.2) is 4.98 Å². The van der Waals surface area contributed by atoms with Crippen molar-refractivity contribution in [3.63, 3.8) is 0 Å². The van der Waals surface area contributed by atoms with E-state index in [0.717, 1.165) is 6.42 Å². The quantitative estimate of drug-likeness (QED) is 0.561. The van der Waals surface area contributed by atoms with Crippen LogP contribution in [0.15, 0.2) is 48.5 Å². The maximum Gasteiger partial charge on any atom is 0.219 e. The second-order valence-corrected chi connectivity index (χ2v) is 7.65. The second-order valence-electron chi connectivity index (χ2n) is 7.65. The van der Waals surface area contributed by atoms with Crippen molar-refractivity contribution in [2.45, 2.75) is 52.9 Å². The third-order valence-corrected chi connectivity index (χ3v) is 5.59. The molecule has 0 atom stereocenters. The van der Waals surface area contributed by atoms with E-state index >= 15 is 0 Å². The normalized spacial score (nSPS) is 13.0. The molecule has 0 amide bonds. The topological polar surface area (TPSA) is 14.1 Å². The molecule has 1 aromatic heterocycles. The number of aromatic amines is 1. The standard InChI is InChI=1S/C25H27N/c1-4-6-23-21-7-5-8-22(21)24(19-13-9-17(2)10-14-19)25(26-23)20-15-11-18(3)12-16-20/h9-16H,4-8H2,1-3H3/p+1. The third-order valence-electron chi connectivity index (χ3n) is 5.59. The Labute approximate surface area is 157 Å². The molecule has 0 aliphatic heterocycles. The predicted molar refractivity (Wildman–Crippen MR) is 109 cm³/mol. The van der Waals surface area contributed by atoms with E-state index in [1.165, 1.54) is 64.9 Å². The van der Waals surface area contributed by atoms with Crippen LogP contribution in [0.1, 0.15) is 47.7 Å². The molecule has 132 valence electrons. The fourth-order valence-corrected chi connectivity index (χ4v) is 4.23. The van der Waals surface area contributed by atoms with Gasteiger partial charge in [0.2, 0.25) is 5.69 Å². The molecule has 0 fully saturated rings. The number of hydrogen-bond acceptors (Lipinski definition) is 0. The van der Waals surface area contributed by atoms with Crippen molar-refractivity contribution in [1.29, 1.82) is 0 Å². The predicted octanol–water partition coefficient (Wildman–Crippen LogP) is 5.89. The number of fused-ring (bicyclic) bond motifs is 1. The lowest BCUT2D eigenvalue weighted by atomic mass is 9.90. The molecule has 0 unspecified atom stereocenters. The van der Waals surface area contributed by atoms with Crippen molar-refractivity contribution in [1.82, 2.24) is 0 Å². The zero-order chi connectivity index (χ0) is 18.1. The summed E-state index contributed by atoms with van der Waals surface area (Å²) in [5, 5.41) is 0. The molecule has 0 saturated carbocycles. The molecule has 1 nitrogen and oxygen atoms in total. The maximum atomic E-state index is 3.86. The highest BCUT2D eigenvalue weighted by atomic mass is 14.7. The average Bonchev–Trinajstić information content (AvgIpc) is 3.13. The van der Waals surface area contributed by atoms with Crippen molar-refractivity contribution < 1.29 is 4.98 Å². The Morgan fingerprint density at radius 2 is 1.35 bits per heavy atom. The second kappa shape index (κ2) is 7.07. The van der Waals surface area contributed by atoms with Crippen molar-refractivity contribution >= 4 is 0 Å². The number of rotatable bonds is 4. The van der Waals surface area contributed by atoms with Gasteiger partial charge in [-0.15, -0.1) is 0 Å². The van der Waals surface area contributed by atoms with Crippen LogP contribution in [0.25, 0.3) is 22.4 Å². The molecule has 2 aromatic carbocycles. The van der Waals surface area contributed by atoms with Gasteiger partial charge in [-0.2, -0.15) is 0 Å². The summed E-state index contributed by atoms with van der Waals surface area (Å²) in [5.74, 6) is 0. The van der Waals surface area contributed by atoms with Crippen LogP contribution in [0.5, 0.6) is 0 Å². The fraction of sp³-hybridized carbons (Fsp3) is 0.320. The molecular formula is C25H28N+. The molecule has 0 saturated heterocycles. The number of aryl methyl sites for hydroxylation is 3. The smallest absolute Gasteiger partial charge is 0.208 e. The van der Waals surface area contributed by atoms with Gasteiger partial charge in [0.05, 0.1) is 5.56 Å². The molecule has 0 spiro atoms. The number of benzene rings is 2. The van der Waals surface area contributed by atoms with Gasteiger partial charge in [-0.3, -0.25) is 0 Å². The monoisotopic (exact) mass is 342 g/mol. The zero-order valence-corrected chi connectivity index (χ0v) is 16.2. The van der Waals surface area contributed by atoms with Crippen molar-refractivity contribution in [2.75, 3.05) is 0 Å². The molecule has 0 bridgehead atoms. The van der Waals surface area contributed by atoms with Crippen LogP contribution in [-0.2, 0) is 19.3 Å². The third kappa shape index (κ3) is 3.07. The van der Waals surface area contributed by atoms with Gasteiger partial charge in [0.15, 0.2) is 5.69 Å². The Morgan fingerprint density at radius 3 is 1.96 bits per heavy atom. The lowest BCUT2D eigenvalue weighted by Crippen LogP contribution is -2.20. The first kappa shape index (κ1) is 17.0. The minimum atomic E-state index is 1.13. The number of nitrogens with one attached hydrogen (secondary N) is 1. The largest absolute Gasteiger partial charge is 0.219 e. The van der Waals surface area contributed by atoms with Crippen LogP contribution in [0.4, 0.5) is 0 Å². The molecule has 1 N–H and O–H groups in total. The van der Waals surface area contributed by atoms with Crippen molar-refractivity contribution in [2.24, 2.45) is 0 Å². The number of H-pyrrole nitrogens is 1. The van der Waals surface area contributed by atoms with E-state index in [1.807, 2.05) is 0 Å². The van der Waals surface area contributed by atoms with Crippen LogP contribution >= 0.6 is 0 Å². The average molecular weight is 343 g/mol. The summed E-state index contributed by atoms with van der Waals surface area (Å²) < 4.78 is 0. The molecule has 0 radical (unpaired) electrons. The van der Waals surface area contributed by atoms with Gasteiger partial charge < -0.3 is 0 Å². The molecule has 3 aromatic rings. The number of aromatic nitrogens is 1. The first-order chi connectivity index (χ1) is 12.7. The molecule has 26 heavy (non-hydrogen) atoms. The van der Waals surface area contributed by atoms with Crippen LogP contribution in [0.2, 0.25) is 0 Å². The lowest BCUT2D eigenvalue weighted by molar-refractivity contribution is -0.377. The van der Waals surface area contributed by atoms with Crippen LogP contribution < -0.4 is 4.98 Å². The maximum absolute atomic E-state index is 3.86. The van der Waals surface area contributed by atoms with Crippen molar-refractivity contribution in [3.05, 3.63) is 76.5 Å². The van der Waals surface area contributed by atoms with E-state index in [9.17, 15) is 0 Å². The highest BCUT2D eigenvalue weighted by Crippen LogP contribution is 2.39. The zero-order valence-electron chi connectivity index (χ0n) is 16.2. The summed E-state index contributed by atoms with van der Waals surface area (Å²) in [6.07, 6.45) is 6.00. The van der Waals surface area contributed by atoms with Crippen LogP contribution in [0.3, 0.4) is 0 Å². The SMILES string of the molecule is CCCc1[nH+]c(-c2ccc(C)cc2)c(-c2ccc(C)cc2)c2c1CCC2. The molecule has 1 aliphatic rings. The molecule has 1 heteroatoms. The van der Waals surface area contributed by atoms with E-state index in [4.69, 9.17) is 0 Å². The first-order valence-electron chi connectivity index (χ1n) is 9.91. The van der Waals surface area contributed by atoms with E-state index in [1.54, 1.807) is 11.1 Å². The summed E-state index contributed by atoms with van der Waals surface area (Å²) in [4.78, 5) is 3.86. The van der Waals surface area contributed by atoms with Gasteiger partial charge in [0, 0.05) is 17.5 Å². The molecular weight excluding hydrogens is 314 g/mol. The summed E-state index contributed by atoms with van der Waals surface area (Å²) in [7, 11) is 0. The summed E-state index contributed by atoms with van der Waals surface area (Å²) >= 11 is 0. The Kier molecular flexibility index (Phi) is 4.63. The number of pyridine rings is 1. The van der Waals surface area contributed by atoms with E-state index in [2.05, 4.69) is 74.3 Å². The summed E-state index contributed by atoms with van der Waals surface area (Å²) in [6, 6.07) is 18.0. The highest BCUT2D eigenvalue weighted by Gasteiger charge is 2.28. The fourth-order valence-electron chi connectivity index (χ4n) is 4.23. The van der Waals surface area contributed by atoms with Gasteiger partial charge >= 0.3 is 0 Å². The van der Waals surface area contributed by atoms with Crippen molar-refractivity contribution in [3.8, 4) is 22.4 Å². The molecule has 1 heterocycles.